The number of anilines is 1. The maximum atomic E-state index is 11.9. The number of pyridine rings is 1. The first kappa shape index (κ1) is 14.4. The molecule has 0 unspecified atom stereocenters. The van der Waals surface area contributed by atoms with Gasteiger partial charge in [0.25, 0.3) is 0 Å². The van der Waals surface area contributed by atoms with Crippen molar-refractivity contribution in [3.8, 4) is 12.3 Å². The van der Waals surface area contributed by atoms with Gasteiger partial charge in [-0.3, -0.25) is 5.32 Å². The van der Waals surface area contributed by atoms with Gasteiger partial charge in [-0.05, 0) is 18.7 Å². The Balaban J connectivity index is 1.94. The van der Waals surface area contributed by atoms with E-state index in [2.05, 4.69) is 28.0 Å². The number of likely N-dealkylation sites (tertiary alicyclic amines) is 1. The summed E-state index contributed by atoms with van der Waals surface area (Å²) < 4.78 is 5.47. The van der Waals surface area contributed by atoms with Crippen LogP contribution in [0.15, 0.2) is 24.4 Å². The Labute approximate surface area is 119 Å². The number of hydrogen-bond donors (Lipinski definition) is 1. The number of rotatable bonds is 3. The Morgan fingerprint density at radius 3 is 2.85 bits per heavy atom. The van der Waals surface area contributed by atoms with Gasteiger partial charge >= 0.3 is 6.09 Å². The highest BCUT2D eigenvalue weighted by Gasteiger charge is 2.36. The average molecular weight is 273 g/mol. The molecule has 0 spiro atoms. The summed E-state index contributed by atoms with van der Waals surface area (Å²) in [7, 11) is 0. The third-order valence-corrected chi connectivity index (χ3v) is 3.56. The fraction of sp³-hybridized carbons (Fsp3) is 0.467. The number of hydrogen-bond acceptors (Lipinski definition) is 4. The van der Waals surface area contributed by atoms with Gasteiger partial charge in [0.1, 0.15) is 5.82 Å². The Morgan fingerprint density at radius 1 is 1.55 bits per heavy atom. The number of carbonyl (C=O) groups is 1. The average Bonchev–Trinajstić information content (AvgIpc) is 2.49. The lowest BCUT2D eigenvalue weighted by atomic mass is 9.92. The number of piperidine rings is 1. The lowest BCUT2D eigenvalue weighted by molar-refractivity contribution is 0.0134. The third kappa shape index (κ3) is 3.49. The SMILES string of the molecule is C#CC1(OC(=O)Nc2ccccn2)CCN(CC)CC1. The van der Waals surface area contributed by atoms with Gasteiger partial charge in [0.05, 0.1) is 0 Å². The molecule has 1 amide bonds. The number of nitrogens with zero attached hydrogens (tertiary/aromatic N) is 2. The van der Waals surface area contributed by atoms with Crippen molar-refractivity contribution in [2.45, 2.75) is 25.4 Å². The standard InChI is InChI=1S/C15H19N3O2/c1-3-15(8-11-18(4-2)12-9-15)20-14(19)17-13-7-5-6-10-16-13/h1,5-7,10H,4,8-9,11-12H2,2H3,(H,16,17,19). The summed E-state index contributed by atoms with van der Waals surface area (Å²) in [6.45, 7) is 4.79. The largest absolute Gasteiger partial charge is 0.429 e. The number of nitrogens with one attached hydrogen (secondary N) is 1. The van der Waals surface area contributed by atoms with Crippen LogP contribution in [0.4, 0.5) is 10.6 Å². The van der Waals surface area contributed by atoms with E-state index in [-0.39, 0.29) is 0 Å². The van der Waals surface area contributed by atoms with Crippen LogP contribution in [0, 0.1) is 12.3 Å². The second-order valence-electron chi connectivity index (χ2n) is 4.80. The molecule has 0 atom stereocenters. The van der Waals surface area contributed by atoms with Crippen molar-refractivity contribution in [1.82, 2.24) is 9.88 Å². The molecule has 106 valence electrons. The summed E-state index contributed by atoms with van der Waals surface area (Å²) in [5.41, 5.74) is -0.801. The summed E-state index contributed by atoms with van der Waals surface area (Å²) in [5, 5.41) is 2.59. The molecule has 1 N–H and O–H groups in total. The fourth-order valence-corrected chi connectivity index (χ4v) is 2.25. The third-order valence-electron chi connectivity index (χ3n) is 3.56. The summed E-state index contributed by atoms with van der Waals surface area (Å²) in [6.07, 6.45) is 7.95. The molecule has 0 bridgehead atoms. The van der Waals surface area contributed by atoms with Crippen molar-refractivity contribution in [1.29, 1.82) is 0 Å². The van der Waals surface area contributed by atoms with Crippen molar-refractivity contribution >= 4 is 11.9 Å². The van der Waals surface area contributed by atoms with Crippen LogP contribution in [0.2, 0.25) is 0 Å². The van der Waals surface area contributed by atoms with Gasteiger partial charge in [0, 0.05) is 32.1 Å². The van der Waals surface area contributed by atoms with Crippen LogP contribution in [-0.2, 0) is 4.74 Å². The Hall–Kier alpha value is -2.06. The molecule has 1 aliphatic heterocycles. The minimum Gasteiger partial charge on any atom is -0.429 e. The molecule has 0 aliphatic carbocycles. The van der Waals surface area contributed by atoms with Gasteiger partial charge < -0.3 is 9.64 Å². The molecule has 5 heteroatoms. The molecule has 5 nitrogen and oxygen atoms in total. The highest BCUT2D eigenvalue weighted by Crippen LogP contribution is 2.26. The molecule has 0 radical (unpaired) electrons. The Morgan fingerprint density at radius 2 is 2.30 bits per heavy atom. The van der Waals surface area contributed by atoms with E-state index >= 15 is 0 Å². The molecule has 1 aromatic rings. The maximum Gasteiger partial charge on any atom is 0.414 e. The van der Waals surface area contributed by atoms with Gasteiger partial charge in [0.15, 0.2) is 5.60 Å². The maximum absolute atomic E-state index is 11.9. The van der Waals surface area contributed by atoms with Crippen molar-refractivity contribution in [3.63, 3.8) is 0 Å². The van der Waals surface area contributed by atoms with Gasteiger partial charge in [-0.2, -0.15) is 0 Å². The van der Waals surface area contributed by atoms with E-state index in [1.54, 1.807) is 24.4 Å². The Bertz CT molecular complexity index is 488. The van der Waals surface area contributed by atoms with Crippen molar-refractivity contribution < 1.29 is 9.53 Å². The summed E-state index contributed by atoms with van der Waals surface area (Å²) in [5.74, 6) is 3.10. The molecule has 20 heavy (non-hydrogen) atoms. The predicted molar refractivity (Wildman–Crippen MR) is 77.3 cm³/mol. The Kier molecular flexibility index (Phi) is 4.59. The van der Waals surface area contributed by atoms with Gasteiger partial charge in [-0.1, -0.05) is 18.9 Å². The number of aromatic nitrogens is 1. The predicted octanol–water partition coefficient (Wildman–Crippen LogP) is 2.12. The highest BCUT2D eigenvalue weighted by molar-refractivity contribution is 5.83. The normalized spacial score (nSPS) is 18.0. The number of carbonyl (C=O) groups excluding carboxylic acids is 1. The van der Waals surface area contributed by atoms with Crippen LogP contribution in [0.5, 0.6) is 0 Å². The van der Waals surface area contributed by atoms with Crippen molar-refractivity contribution in [3.05, 3.63) is 24.4 Å². The van der Waals surface area contributed by atoms with Crippen LogP contribution >= 0.6 is 0 Å². The molecule has 0 saturated carbocycles. The van der Waals surface area contributed by atoms with Gasteiger partial charge in [0.2, 0.25) is 0 Å². The molecular formula is C15H19N3O2. The molecule has 1 aliphatic rings. The molecule has 1 saturated heterocycles. The monoisotopic (exact) mass is 273 g/mol. The highest BCUT2D eigenvalue weighted by atomic mass is 16.6. The lowest BCUT2D eigenvalue weighted by Gasteiger charge is -2.37. The molecule has 2 heterocycles. The van der Waals surface area contributed by atoms with Crippen molar-refractivity contribution in [2.75, 3.05) is 25.0 Å². The second-order valence-corrected chi connectivity index (χ2v) is 4.80. The smallest absolute Gasteiger partial charge is 0.414 e. The molecule has 1 aromatic heterocycles. The van der Waals surface area contributed by atoms with E-state index in [9.17, 15) is 4.79 Å². The van der Waals surface area contributed by atoms with E-state index in [0.29, 0.717) is 18.7 Å². The first-order valence-corrected chi connectivity index (χ1v) is 6.78. The van der Waals surface area contributed by atoms with Gasteiger partial charge in [-0.15, -0.1) is 6.42 Å². The first-order valence-electron chi connectivity index (χ1n) is 6.78. The zero-order valence-corrected chi connectivity index (χ0v) is 11.6. The van der Waals surface area contributed by atoms with E-state index < -0.39 is 11.7 Å². The zero-order valence-electron chi connectivity index (χ0n) is 11.6. The minimum atomic E-state index is -0.801. The molecular weight excluding hydrogens is 254 g/mol. The van der Waals surface area contributed by atoms with Crippen LogP contribution in [0.3, 0.4) is 0 Å². The summed E-state index contributed by atoms with van der Waals surface area (Å²) >= 11 is 0. The van der Waals surface area contributed by atoms with Gasteiger partial charge in [-0.25, -0.2) is 9.78 Å². The zero-order chi connectivity index (χ0) is 14.4. The van der Waals surface area contributed by atoms with Crippen LogP contribution in [-0.4, -0.2) is 41.2 Å². The summed E-state index contributed by atoms with van der Waals surface area (Å²) in [4.78, 5) is 18.2. The van der Waals surface area contributed by atoms with Crippen LogP contribution in [0.1, 0.15) is 19.8 Å². The quantitative estimate of drug-likeness (QED) is 0.857. The van der Waals surface area contributed by atoms with E-state index in [4.69, 9.17) is 11.2 Å². The number of terminal acetylenes is 1. The summed E-state index contributed by atoms with van der Waals surface area (Å²) in [6, 6.07) is 5.27. The number of amides is 1. The minimum absolute atomic E-state index is 0.454. The fourth-order valence-electron chi connectivity index (χ4n) is 2.25. The van der Waals surface area contributed by atoms with Crippen molar-refractivity contribution in [2.24, 2.45) is 0 Å². The van der Waals surface area contributed by atoms with E-state index in [1.807, 2.05) is 0 Å². The van der Waals surface area contributed by atoms with Crippen LogP contribution < -0.4 is 5.32 Å². The molecule has 1 fully saturated rings. The van der Waals surface area contributed by atoms with Crippen LogP contribution in [0.25, 0.3) is 0 Å². The lowest BCUT2D eigenvalue weighted by Crippen LogP contribution is -2.46. The second kappa shape index (κ2) is 6.40. The number of ether oxygens (including phenoxy) is 1. The van der Waals surface area contributed by atoms with E-state index in [1.165, 1.54) is 0 Å². The first-order chi connectivity index (χ1) is 9.67. The molecule has 2 rings (SSSR count). The van der Waals surface area contributed by atoms with E-state index in [0.717, 1.165) is 19.6 Å². The molecule has 0 aromatic carbocycles. The topological polar surface area (TPSA) is 54.5 Å².